The number of nitrogens with zero attached hydrogens (tertiary/aromatic N) is 1. The fourth-order valence-electron chi connectivity index (χ4n) is 1.40. The summed E-state index contributed by atoms with van der Waals surface area (Å²) in [6.07, 6.45) is 2.93. The molecule has 0 aliphatic heterocycles. The second-order valence-corrected chi connectivity index (χ2v) is 3.60. The standard InChI is InChI=1S/C12H12N2O/c1-8-3-4-10(5-9(8)2)11-6-14-12(15)7-13-11/h3-7H,1-2H3,(H,14,15). The number of nitrogens with one attached hydrogen (secondary N) is 1. The second-order valence-electron chi connectivity index (χ2n) is 3.60. The van der Waals surface area contributed by atoms with Crippen molar-refractivity contribution in [2.24, 2.45) is 0 Å². The summed E-state index contributed by atoms with van der Waals surface area (Å²) in [6, 6.07) is 6.12. The molecule has 1 N–H and O–H groups in total. The Morgan fingerprint density at radius 1 is 1.20 bits per heavy atom. The van der Waals surface area contributed by atoms with Crippen LogP contribution in [0.15, 0.2) is 35.4 Å². The smallest absolute Gasteiger partial charge is 0.266 e. The van der Waals surface area contributed by atoms with Crippen LogP contribution in [0, 0.1) is 13.8 Å². The first kappa shape index (κ1) is 9.65. The molecular weight excluding hydrogens is 188 g/mol. The summed E-state index contributed by atoms with van der Waals surface area (Å²) in [5, 5.41) is 0. The molecule has 1 aromatic carbocycles. The van der Waals surface area contributed by atoms with Crippen molar-refractivity contribution in [1.82, 2.24) is 9.97 Å². The Balaban J connectivity index is 2.50. The molecule has 3 nitrogen and oxygen atoms in total. The van der Waals surface area contributed by atoms with Crippen molar-refractivity contribution in [3.8, 4) is 11.3 Å². The summed E-state index contributed by atoms with van der Waals surface area (Å²) >= 11 is 0. The maximum Gasteiger partial charge on any atom is 0.266 e. The number of aryl methyl sites for hydroxylation is 2. The minimum Gasteiger partial charge on any atom is -0.326 e. The van der Waals surface area contributed by atoms with Gasteiger partial charge in [0.15, 0.2) is 0 Å². The van der Waals surface area contributed by atoms with Gasteiger partial charge in [0.25, 0.3) is 5.56 Å². The van der Waals surface area contributed by atoms with Crippen molar-refractivity contribution in [3.63, 3.8) is 0 Å². The fourth-order valence-corrected chi connectivity index (χ4v) is 1.40. The number of aromatic nitrogens is 2. The predicted octanol–water partition coefficient (Wildman–Crippen LogP) is 2.05. The van der Waals surface area contributed by atoms with Crippen LogP contribution >= 0.6 is 0 Å². The summed E-state index contributed by atoms with van der Waals surface area (Å²) in [7, 11) is 0. The first-order chi connectivity index (χ1) is 7.16. The zero-order valence-corrected chi connectivity index (χ0v) is 8.74. The number of aromatic amines is 1. The lowest BCUT2D eigenvalue weighted by atomic mass is 10.0. The lowest BCUT2D eigenvalue weighted by molar-refractivity contribution is 1.14. The molecule has 2 aromatic rings. The van der Waals surface area contributed by atoms with Crippen LogP contribution in [-0.2, 0) is 0 Å². The molecule has 1 heterocycles. The maximum absolute atomic E-state index is 10.9. The van der Waals surface area contributed by atoms with Gasteiger partial charge in [-0.3, -0.25) is 4.79 Å². The first-order valence-electron chi connectivity index (χ1n) is 4.79. The van der Waals surface area contributed by atoms with Gasteiger partial charge >= 0.3 is 0 Å². The Kier molecular flexibility index (Phi) is 2.37. The van der Waals surface area contributed by atoms with Gasteiger partial charge in [0.05, 0.1) is 11.9 Å². The van der Waals surface area contributed by atoms with E-state index >= 15 is 0 Å². The molecule has 0 saturated carbocycles. The molecule has 0 radical (unpaired) electrons. The van der Waals surface area contributed by atoms with E-state index in [1.807, 2.05) is 6.07 Å². The molecule has 0 spiro atoms. The van der Waals surface area contributed by atoms with Gasteiger partial charge in [0.1, 0.15) is 0 Å². The number of H-pyrrole nitrogens is 1. The zero-order chi connectivity index (χ0) is 10.8. The molecule has 1 aromatic heterocycles. The second kappa shape index (κ2) is 3.69. The maximum atomic E-state index is 10.9. The Morgan fingerprint density at radius 3 is 2.60 bits per heavy atom. The van der Waals surface area contributed by atoms with Crippen molar-refractivity contribution in [1.29, 1.82) is 0 Å². The van der Waals surface area contributed by atoms with Crippen LogP contribution in [0.1, 0.15) is 11.1 Å². The van der Waals surface area contributed by atoms with Gasteiger partial charge in [-0.25, -0.2) is 4.98 Å². The molecule has 0 saturated heterocycles. The van der Waals surface area contributed by atoms with Gasteiger partial charge in [-0.15, -0.1) is 0 Å². The molecule has 0 unspecified atom stereocenters. The van der Waals surface area contributed by atoms with Crippen LogP contribution in [0.5, 0.6) is 0 Å². The van der Waals surface area contributed by atoms with E-state index in [1.54, 1.807) is 6.20 Å². The van der Waals surface area contributed by atoms with Crippen LogP contribution in [0.25, 0.3) is 11.3 Å². The average molecular weight is 200 g/mol. The van der Waals surface area contributed by atoms with Crippen molar-refractivity contribution < 1.29 is 0 Å². The van der Waals surface area contributed by atoms with E-state index < -0.39 is 0 Å². The van der Waals surface area contributed by atoms with E-state index in [9.17, 15) is 4.79 Å². The van der Waals surface area contributed by atoms with Crippen molar-refractivity contribution in [2.45, 2.75) is 13.8 Å². The van der Waals surface area contributed by atoms with Crippen LogP contribution in [0.3, 0.4) is 0 Å². The number of rotatable bonds is 1. The molecule has 0 aliphatic rings. The highest BCUT2D eigenvalue weighted by molar-refractivity contribution is 5.59. The fraction of sp³-hybridized carbons (Fsp3) is 0.167. The van der Waals surface area contributed by atoms with Crippen molar-refractivity contribution in [3.05, 3.63) is 52.1 Å². The summed E-state index contributed by atoms with van der Waals surface area (Å²) in [5.41, 5.74) is 4.11. The van der Waals surface area contributed by atoms with Gasteiger partial charge in [-0.2, -0.15) is 0 Å². The Labute approximate surface area is 87.8 Å². The van der Waals surface area contributed by atoms with Crippen molar-refractivity contribution >= 4 is 0 Å². The summed E-state index contributed by atoms with van der Waals surface area (Å²) in [4.78, 5) is 17.5. The predicted molar refractivity (Wildman–Crippen MR) is 59.8 cm³/mol. The third-order valence-corrected chi connectivity index (χ3v) is 2.47. The average Bonchev–Trinajstić information content (AvgIpc) is 2.23. The van der Waals surface area contributed by atoms with Gasteiger partial charge in [-0.1, -0.05) is 12.1 Å². The molecule has 15 heavy (non-hydrogen) atoms. The first-order valence-corrected chi connectivity index (χ1v) is 4.79. The van der Waals surface area contributed by atoms with Crippen LogP contribution in [0.4, 0.5) is 0 Å². The highest BCUT2D eigenvalue weighted by Crippen LogP contribution is 2.18. The molecule has 0 atom stereocenters. The summed E-state index contributed by atoms with van der Waals surface area (Å²) < 4.78 is 0. The summed E-state index contributed by atoms with van der Waals surface area (Å²) in [5.74, 6) is 0. The van der Waals surface area contributed by atoms with Gasteiger partial charge in [-0.05, 0) is 31.0 Å². The molecule has 76 valence electrons. The molecule has 0 bridgehead atoms. The molecule has 0 fully saturated rings. The van der Waals surface area contributed by atoms with Crippen LogP contribution in [0.2, 0.25) is 0 Å². The highest BCUT2D eigenvalue weighted by atomic mass is 16.1. The lowest BCUT2D eigenvalue weighted by Crippen LogP contribution is -2.04. The lowest BCUT2D eigenvalue weighted by Gasteiger charge is -2.03. The largest absolute Gasteiger partial charge is 0.326 e. The Morgan fingerprint density at radius 2 is 2.00 bits per heavy atom. The third-order valence-electron chi connectivity index (χ3n) is 2.47. The van der Waals surface area contributed by atoms with Gasteiger partial charge < -0.3 is 4.98 Å². The minimum atomic E-state index is -0.178. The summed E-state index contributed by atoms with van der Waals surface area (Å²) in [6.45, 7) is 4.13. The topological polar surface area (TPSA) is 45.8 Å². The zero-order valence-electron chi connectivity index (χ0n) is 8.74. The molecule has 0 amide bonds. The SMILES string of the molecule is Cc1ccc(-c2c[nH]c(=O)cn2)cc1C. The monoisotopic (exact) mass is 200 g/mol. The molecule has 0 aliphatic carbocycles. The normalized spacial score (nSPS) is 10.3. The number of hydrogen-bond donors (Lipinski definition) is 1. The van der Waals surface area contributed by atoms with E-state index in [0.717, 1.165) is 11.3 Å². The van der Waals surface area contributed by atoms with Crippen molar-refractivity contribution in [2.75, 3.05) is 0 Å². The quantitative estimate of drug-likeness (QED) is 0.765. The van der Waals surface area contributed by atoms with E-state index in [1.165, 1.54) is 17.3 Å². The van der Waals surface area contributed by atoms with E-state index in [4.69, 9.17) is 0 Å². The minimum absolute atomic E-state index is 0.178. The number of hydrogen-bond acceptors (Lipinski definition) is 2. The van der Waals surface area contributed by atoms with E-state index in [0.29, 0.717) is 0 Å². The molecular formula is C12H12N2O. The molecule has 3 heteroatoms. The van der Waals surface area contributed by atoms with Crippen LogP contribution < -0.4 is 5.56 Å². The van der Waals surface area contributed by atoms with Gasteiger partial charge in [0, 0.05) is 11.8 Å². The van der Waals surface area contributed by atoms with E-state index in [2.05, 4.69) is 35.9 Å². The van der Waals surface area contributed by atoms with Crippen LogP contribution in [-0.4, -0.2) is 9.97 Å². The number of benzene rings is 1. The highest BCUT2D eigenvalue weighted by Gasteiger charge is 2.00. The van der Waals surface area contributed by atoms with Gasteiger partial charge in [0.2, 0.25) is 0 Å². The Hall–Kier alpha value is -1.90. The Bertz CT molecular complexity index is 523. The molecule has 2 rings (SSSR count). The third kappa shape index (κ3) is 1.96. The van der Waals surface area contributed by atoms with E-state index in [-0.39, 0.29) is 5.56 Å².